The summed E-state index contributed by atoms with van der Waals surface area (Å²) in [4.78, 5) is 67.2. The Balaban J connectivity index is 0.000000606. The van der Waals surface area contributed by atoms with Crippen LogP contribution in [0.4, 0.5) is 4.79 Å². The molecule has 0 radical (unpaired) electrons. The van der Waals surface area contributed by atoms with Gasteiger partial charge in [0.05, 0.1) is 23.5 Å². The van der Waals surface area contributed by atoms with E-state index in [4.69, 9.17) is 29.4 Å². The number of esters is 4. The van der Waals surface area contributed by atoms with Crippen molar-refractivity contribution in [1.82, 2.24) is 24.4 Å². The summed E-state index contributed by atoms with van der Waals surface area (Å²) in [6, 6.07) is 15.4. The maximum absolute atomic E-state index is 12.2. The first-order chi connectivity index (χ1) is 27.8. The highest BCUT2D eigenvalue weighted by Crippen LogP contribution is 2.17. The van der Waals surface area contributed by atoms with Crippen LogP contribution in [0.25, 0.3) is 12.2 Å². The maximum Gasteiger partial charge on any atom is 0.407 e. The van der Waals surface area contributed by atoms with Gasteiger partial charge in [-0.05, 0) is 82.9 Å². The third-order valence-electron chi connectivity index (χ3n) is 8.10. The topological polar surface area (TPSA) is 205 Å². The van der Waals surface area contributed by atoms with Crippen LogP contribution < -0.4 is 11.1 Å². The van der Waals surface area contributed by atoms with E-state index in [1.807, 2.05) is 70.1 Å². The van der Waals surface area contributed by atoms with Crippen LogP contribution >= 0.6 is 24.8 Å². The number of hydrogen-bond donors (Lipinski definition) is 2. The summed E-state index contributed by atoms with van der Waals surface area (Å²) in [5.74, 6) is -2.37. The van der Waals surface area contributed by atoms with E-state index in [0.717, 1.165) is 28.8 Å². The van der Waals surface area contributed by atoms with Crippen LogP contribution in [0.1, 0.15) is 70.7 Å². The zero-order chi connectivity index (χ0) is 43.5. The van der Waals surface area contributed by atoms with E-state index in [0.29, 0.717) is 6.54 Å². The molecule has 18 heteroatoms. The number of nitrogens with zero attached hydrogens (tertiary/aromatic N) is 4. The number of aromatic nitrogens is 4. The van der Waals surface area contributed by atoms with E-state index in [9.17, 15) is 24.0 Å². The number of carbonyl (C=O) groups is 5. The number of rotatable bonds is 17. The fourth-order valence-corrected chi connectivity index (χ4v) is 4.51. The molecule has 0 saturated heterocycles. The molecule has 61 heavy (non-hydrogen) atoms. The number of amides is 1. The van der Waals surface area contributed by atoms with Crippen LogP contribution in [0.2, 0.25) is 0 Å². The van der Waals surface area contributed by atoms with Gasteiger partial charge in [0, 0.05) is 63.1 Å². The number of nitrogens with one attached hydrogen (secondary N) is 1. The highest BCUT2D eigenvalue weighted by atomic mass is 35.5. The minimum absolute atomic E-state index is 0. The lowest BCUT2D eigenvalue weighted by atomic mass is 9.94. The molecule has 0 unspecified atom stereocenters. The molecular formula is C43H56Cl2N6O10. The molecule has 2 aromatic carbocycles. The molecular weight excluding hydrogens is 831 g/mol. The average molecular weight is 888 g/mol. The summed E-state index contributed by atoms with van der Waals surface area (Å²) in [5, 5.41) is 2.53. The first-order valence-electron chi connectivity index (χ1n) is 18.7. The van der Waals surface area contributed by atoms with E-state index < -0.39 is 60.0 Å². The minimum Gasteiger partial charge on any atom is -0.444 e. The van der Waals surface area contributed by atoms with Gasteiger partial charge in [0.25, 0.3) is 0 Å². The smallest absolute Gasteiger partial charge is 0.407 e. The lowest BCUT2D eigenvalue weighted by Gasteiger charge is -2.24. The highest BCUT2D eigenvalue weighted by Gasteiger charge is 2.31. The summed E-state index contributed by atoms with van der Waals surface area (Å²) in [5.41, 5.74) is 6.91. The van der Waals surface area contributed by atoms with E-state index in [1.54, 1.807) is 85.7 Å². The Kier molecular flexibility index (Phi) is 22.3. The van der Waals surface area contributed by atoms with Gasteiger partial charge < -0.3 is 43.9 Å². The van der Waals surface area contributed by atoms with Crippen molar-refractivity contribution >= 4 is 66.9 Å². The van der Waals surface area contributed by atoms with Crippen LogP contribution in [0.3, 0.4) is 0 Å². The number of hydrogen-bond acceptors (Lipinski definition) is 13. The van der Waals surface area contributed by atoms with Gasteiger partial charge in [-0.2, -0.15) is 0 Å². The number of carbonyl (C=O) groups excluding carboxylic acids is 5. The zero-order valence-corrected chi connectivity index (χ0v) is 37.0. The summed E-state index contributed by atoms with van der Waals surface area (Å²) < 4.78 is 28.7. The summed E-state index contributed by atoms with van der Waals surface area (Å²) in [6.07, 6.45) is 15.9. The molecule has 4 aromatic rings. The summed E-state index contributed by atoms with van der Waals surface area (Å²) in [7, 11) is 0. The zero-order valence-electron chi connectivity index (χ0n) is 35.4. The van der Waals surface area contributed by atoms with Crippen LogP contribution in [0, 0.1) is 10.8 Å². The average Bonchev–Trinajstić information content (AvgIpc) is 3.91. The Hall–Kier alpha value is -5.97. The van der Waals surface area contributed by atoms with Crippen molar-refractivity contribution in [1.29, 1.82) is 0 Å². The predicted octanol–water partition coefficient (Wildman–Crippen LogP) is 6.36. The number of nitrogens with two attached hydrogens (primary N) is 1. The Morgan fingerprint density at radius 3 is 1.41 bits per heavy atom. The fourth-order valence-electron chi connectivity index (χ4n) is 4.51. The molecule has 0 aliphatic rings. The van der Waals surface area contributed by atoms with Crippen molar-refractivity contribution in [3.05, 3.63) is 120 Å². The first-order valence-corrected chi connectivity index (χ1v) is 18.7. The van der Waals surface area contributed by atoms with Crippen molar-refractivity contribution in [2.75, 3.05) is 26.7 Å². The largest absolute Gasteiger partial charge is 0.444 e. The van der Waals surface area contributed by atoms with Crippen molar-refractivity contribution in [3.8, 4) is 0 Å². The van der Waals surface area contributed by atoms with Crippen molar-refractivity contribution in [2.24, 2.45) is 16.6 Å². The molecule has 2 heterocycles. The lowest BCUT2D eigenvalue weighted by molar-refractivity contribution is -0.172. The van der Waals surface area contributed by atoms with Gasteiger partial charge in [-0.15, -0.1) is 24.8 Å². The van der Waals surface area contributed by atoms with Crippen LogP contribution in [-0.2, 0) is 56.0 Å². The molecule has 0 aliphatic heterocycles. The van der Waals surface area contributed by atoms with Gasteiger partial charge >= 0.3 is 30.0 Å². The quantitative estimate of drug-likeness (QED) is 0.0514. The molecule has 0 bridgehead atoms. The number of ether oxygens (including phenoxy) is 5. The number of halogens is 2. The predicted molar refractivity (Wildman–Crippen MR) is 233 cm³/mol. The van der Waals surface area contributed by atoms with E-state index >= 15 is 0 Å². The van der Waals surface area contributed by atoms with E-state index in [2.05, 4.69) is 15.3 Å². The monoisotopic (exact) mass is 886 g/mol. The second-order valence-electron chi connectivity index (χ2n) is 15.5. The van der Waals surface area contributed by atoms with Crippen LogP contribution in [-0.4, -0.2) is 81.3 Å². The van der Waals surface area contributed by atoms with Gasteiger partial charge in [-0.1, -0.05) is 48.5 Å². The molecule has 0 saturated carbocycles. The van der Waals surface area contributed by atoms with Crippen LogP contribution in [0.15, 0.2) is 98.1 Å². The molecule has 0 spiro atoms. The normalized spacial score (nSPS) is 11.3. The molecule has 2 aromatic heterocycles. The molecule has 3 N–H and O–H groups in total. The van der Waals surface area contributed by atoms with Gasteiger partial charge in [-0.25, -0.2) is 24.4 Å². The molecule has 332 valence electrons. The molecule has 1 amide bonds. The molecule has 16 nitrogen and oxygen atoms in total. The second kappa shape index (κ2) is 25.6. The minimum atomic E-state index is -1.03. The van der Waals surface area contributed by atoms with E-state index in [-0.39, 0.29) is 37.9 Å². The Labute approximate surface area is 368 Å². The summed E-state index contributed by atoms with van der Waals surface area (Å²) >= 11 is 0. The fraction of sp³-hybridized carbons (Fsp3) is 0.372. The third-order valence-corrected chi connectivity index (χ3v) is 8.10. The molecule has 0 fully saturated rings. The lowest BCUT2D eigenvalue weighted by Crippen LogP contribution is -2.42. The first kappa shape index (κ1) is 53.0. The summed E-state index contributed by atoms with van der Waals surface area (Å²) in [6.45, 7) is 12.4. The maximum atomic E-state index is 12.2. The van der Waals surface area contributed by atoms with E-state index in [1.165, 1.54) is 12.2 Å². The van der Waals surface area contributed by atoms with Gasteiger partial charge in [0.2, 0.25) is 13.6 Å². The number of alkyl carbamates (subject to hydrolysis) is 1. The van der Waals surface area contributed by atoms with Crippen molar-refractivity contribution in [3.63, 3.8) is 0 Å². The van der Waals surface area contributed by atoms with Gasteiger partial charge in [0.15, 0.2) is 0 Å². The Morgan fingerprint density at radius 2 is 1.05 bits per heavy atom. The van der Waals surface area contributed by atoms with Crippen LogP contribution in [0.5, 0.6) is 0 Å². The SMILES string of the molecule is CC(C)(C)OC(=O)NCC(C)(C)C(=O)OCOC(=O)/C=C/c1ccc(Cn2ccnc2)cc1.CC(C)(CN)C(=O)OCOC(=O)/C=C/c1ccc(Cn2ccnc2)cc1.Cl.Cl. The molecule has 4 rings (SSSR count). The Morgan fingerprint density at radius 1 is 0.639 bits per heavy atom. The standard InChI is InChI=1S/C24H31N3O6.C19H23N3O4.2ClH/c1-23(2,3)33-22(30)26-15-24(4,5)21(29)32-17-31-20(28)11-10-18-6-8-19(9-7-18)14-27-13-12-25-16-27;1-19(2,12-20)18(24)26-14-25-17(23)8-7-15-3-5-16(6-4-15)11-22-10-9-21-13-22;;/h6-13,16H,14-15,17H2,1-5H3,(H,26,30);3-10,13H,11-12,14,20H2,1-2H3;2*1H/b11-10+;8-7+;;. The van der Waals surface area contributed by atoms with Crippen molar-refractivity contribution in [2.45, 2.75) is 67.2 Å². The van der Waals surface area contributed by atoms with Gasteiger partial charge in [0.1, 0.15) is 5.60 Å². The number of benzene rings is 2. The van der Waals surface area contributed by atoms with Crippen molar-refractivity contribution < 1.29 is 47.7 Å². The Bertz CT molecular complexity index is 2010. The molecule has 0 aliphatic carbocycles. The number of imidazole rings is 2. The second-order valence-corrected chi connectivity index (χ2v) is 15.5. The third kappa shape index (κ3) is 20.7. The highest BCUT2D eigenvalue weighted by molar-refractivity contribution is 5.88. The van der Waals surface area contributed by atoms with Gasteiger partial charge in [-0.3, -0.25) is 9.59 Å². The molecule has 0 atom stereocenters.